The van der Waals surface area contributed by atoms with Crippen molar-refractivity contribution < 1.29 is 9.90 Å². The fraction of sp³-hybridized carbons (Fsp3) is 0.667. The molecule has 1 atom stereocenters. The van der Waals surface area contributed by atoms with Crippen molar-refractivity contribution in [3.8, 4) is 6.07 Å². The van der Waals surface area contributed by atoms with E-state index in [1.54, 1.807) is 0 Å². The lowest BCUT2D eigenvalue weighted by Gasteiger charge is -1.99. The van der Waals surface area contributed by atoms with E-state index in [0.29, 0.717) is 10.8 Å². The van der Waals surface area contributed by atoms with Crippen LogP contribution in [0.1, 0.15) is 12.8 Å². The molecular formula is C6H8INO2. The first-order valence-corrected chi connectivity index (χ1v) is 4.40. The lowest BCUT2D eigenvalue weighted by molar-refractivity contribution is -0.137. The summed E-state index contributed by atoms with van der Waals surface area (Å²) in [6.07, 6.45) is 0.565. The lowest BCUT2D eigenvalue weighted by atomic mass is 10.1. The third-order valence-corrected chi connectivity index (χ3v) is 2.14. The van der Waals surface area contributed by atoms with Crippen LogP contribution in [0.15, 0.2) is 0 Å². The molecule has 56 valence electrons. The van der Waals surface area contributed by atoms with Crippen LogP contribution >= 0.6 is 22.6 Å². The van der Waals surface area contributed by atoms with Gasteiger partial charge in [-0.15, -0.1) is 0 Å². The Kier molecular flexibility index (Phi) is 5.30. The summed E-state index contributed by atoms with van der Waals surface area (Å²) >= 11 is 2.08. The summed E-state index contributed by atoms with van der Waals surface area (Å²) in [5.41, 5.74) is 0. The molecule has 0 aliphatic heterocycles. The standard InChI is InChI=1S/C6H8INO2/c7-3-5(4-8)1-2-6(9)10/h5H,1-3H2,(H,9,10). The van der Waals surface area contributed by atoms with Crippen molar-refractivity contribution in [3.63, 3.8) is 0 Å². The maximum atomic E-state index is 10.0. The Morgan fingerprint density at radius 3 is 2.70 bits per heavy atom. The average Bonchev–Trinajstić information content (AvgIpc) is 1.90. The smallest absolute Gasteiger partial charge is 0.303 e. The summed E-state index contributed by atoms with van der Waals surface area (Å²) in [4.78, 5) is 10.0. The molecule has 0 bridgehead atoms. The van der Waals surface area contributed by atoms with Gasteiger partial charge in [0.15, 0.2) is 0 Å². The van der Waals surface area contributed by atoms with E-state index in [4.69, 9.17) is 10.4 Å². The van der Waals surface area contributed by atoms with Crippen LogP contribution in [0.3, 0.4) is 0 Å². The Morgan fingerprint density at radius 1 is 1.80 bits per heavy atom. The molecule has 3 nitrogen and oxygen atoms in total. The second kappa shape index (κ2) is 5.47. The van der Waals surface area contributed by atoms with Gasteiger partial charge in [-0.2, -0.15) is 5.26 Å². The zero-order chi connectivity index (χ0) is 7.98. The van der Waals surface area contributed by atoms with Crippen LogP contribution < -0.4 is 0 Å². The van der Waals surface area contributed by atoms with Crippen LogP contribution in [0.4, 0.5) is 0 Å². The first-order chi connectivity index (χ1) is 4.70. The normalized spacial score (nSPS) is 12.0. The Hall–Kier alpha value is -0.310. The Morgan fingerprint density at radius 2 is 2.40 bits per heavy atom. The summed E-state index contributed by atoms with van der Waals surface area (Å²) < 4.78 is 0.710. The highest BCUT2D eigenvalue weighted by Gasteiger charge is 2.06. The van der Waals surface area contributed by atoms with Crippen molar-refractivity contribution in [2.24, 2.45) is 5.92 Å². The fourth-order valence-electron chi connectivity index (χ4n) is 0.474. The Balaban J connectivity index is 3.47. The van der Waals surface area contributed by atoms with Crippen molar-refractivity contribution in [2.75, 3.05) is 4.43 Å². The first kappa shape index (κ1) is 9.69. The van der Waals surface area contributed by atoms with E-state index >= 15 is 0 Å². The van der Waals surface area contributed by atoms with Crippen LogP contribution in [0.5, 0.6) is 0 Å². The number of rotatable bonds is 4. The van der Waals surface area contributed by atoms with Gasteiger partial charge in [-0.25, -0.2) is 0 Å². The van der Waals surface area contributed by atoms with Crippen LogP contribution in [-0.2, 0) is 4.79 Å². The van der Waals surface area contributed by atoms with Gasteiger partial charge in [0.2, 0.25) is 0 Å². The molecule has 10 heavy (non-hydrogen) atoms. The summed E-state index contributed by atoms with van der Waals surface area (Å²) in [6, 6.07) is 2.04. The molecule has 0 amide bonds. The maximum absolute atomic E-state index is 10.0. The molecule has 0 saturated carbocycles. The van der Waals surface area contributed by atoms with Gasteiger partial charge in [0.25, 0.3) is 0 Å². The van der Waals surface area contributed by atoms with Crippen LogP contribution in [0.25, 0.3) is 0 Å². The third-order valence-electron chi connectivity index (χ3n) is 1.08. The van der Waals surface area contributed by atoms with Gasteiger partial charge in [-0.05, 0) is 6.42 Å². The van der Waals surface area contributed by atoms with Crippen LogP contribution in [0, 0.1) is 17.2 Å². The molecule has 0 aromatic rings. The van der Waals surface area contributed by atoms with Gasteiger partial charge in [0.1, 0.15) is 0 Å². The quantitative estimate of drug-likeness (QED) is 0.608. The highest BCUT2D eigenvalue weighted by Crippen LogP contribution is 2.08. The van der Waals surface area contributed by atoms with E-state index in [1.807, 2.05) is 6.07 Å². The van der Waals surface area contributed by atoms with E-state index in [0.717, 1.165) is 0 Å². The van der Waals surface area contributed by atoms with Gasteiger partial charge < -0.3 is 5.11 Å². The number of alkyl halides is 1. The number of hydrogen-bond donors (Lipinski definition) is 1. The van der Waals surface area contributed by atoms with Crippen molar-refractivity contribution in [1.29, 1.82) is 5.26 Å². The predicted octanol–water partition coefficient (Wildman–Crippen LogP) is 1.43. The molecule has 0 heterocycles. The monoisotopic (exact) mass is 253 g/mol. The second-order valence-electron chi connectivity index (χ2n) is 1.91. The van der Waals surface area contributed by atoms with Crippen molar-refractivity contribution in [2.45, 2.75) is 12.8 Å². The van der Waals surface area contributed by atoms with E-state index in [-0.39, 0.29) is 12.3 Å². The number of carbonyl (C=O) groups is 1. The zero-order valence-corrected chi connectivity index (χ0v) is 7.54. The molecule has 0 aromatic carbocycles. The number of nitrogens with zero attached hydrogens (tertiary/aromatic N) is 1. The van der Waals surface area contributed by atoms with Crippen molar-refractivity contribution in [1.82, 2.24) is 0 Å². The first-order valence-electron chi connectivity index (χ1n) is 2.88. The summed E-state index contributed by atoms with van der Waals surface area (Å²) in [6.45, 7) is 0. The minimum absolute atomic E-state index is 0.0984. The van der Waals surface area contributed by atoms with E-state index in [9.17, 15) is 4.79 Å². The number of carboxylic acid groups (broad SMARTS) is 1. The molecule has 0 aliphatic rings. The molecule has 0 radical (unpaired) electrons. The molecule has 0 fully saturated rings. The molecule has 0 rings (SSSR count). The number of aliphatic carboxylic acids is 1. The molecule has 1 N–H and O–H groups in total. The summed E-state index contributed by atoms with van der Waals surface area (Å²) in [5.74, 6) is -0.929. The minimum atomic E-state index is -0.829. The average molecular weight is 253 g/mol. The van der Waals surface area contributed by atoms with Gasteiger partial charge in [-0.3, -0.25) is 4.79 Å². The maximum Gasteiger partial charge on any atom is 0.303 e. The number of halogens is 1. The second-order valence-corrected chi connectivity index (χ2v) is 2.79. The third kappa shape index (κ3) is 4.56. The molecule has 4 heteroatoms. The number of nitriles is 1. The SMILES string of the molecule is N#CC(CI)CCC(=O)O. The molecule has 0 aromatic heterocycles. The van der Waals surface area contributed by atoms with E-state index in [1.165, 1.54) is 0 Å². The summed E-state index contributed by atoms with van der Waals surface area (Å²) in [7, 11) is 0. The highest BCUT2D eigenvalue weighted by molar-refractivity contribution is 14.1. The van der Waals surface area contributed by atoms with Gasteiger partial charge in [-0.1, -0.05) is 22.6 Å². The molecule has 1 unspecified atom stereocenters. The fourth-order valence-corrected chi connectivity index (χ4v) is 1.11. The van der Waals surface area contributed by atoms with Crippen LogP contribution in [-0.4, -0.2) is 15.5 Å². The predicted molar refractivity (Wildman–Crippen MR) is 44.9 cm³/mol. The largest absolute Gasteiger partial charge is 0.481 e. The molecule has 0 spiro atoms. The van der Waals surface area contributed by atoms with Gasteiger partial charge in [0.05, 0.1) is 12.0 Å². The number of hydrogen-bond acceptors (Lipinski definition) is 2. The van der Waals surface area contributed by atoms with E-state index < -0.39 is 5.97 Å². The Labute approximate surface area is 73.2 Å². The molecule has 0 aliphatic carbocycles. The molecule has 0 saturated heterocycles. The molecular weight excluding hydrogens is 245 g/mol. The minimum Gasteiger partial charge on any atom is -0.481 e. The number of carboxylic acids is 1. The van der Waals surface area contributed by atoms with E-state index in [2.05, 4.69) is 22.6 Å². The topological polar surface area (TPSA) is 61.1 Å². The lowest BCUT2D eigenvalue weighted by Crippen LogP contribution is -2.02. The van der Waals surface area contributed by atoms with Gasteiger partial charge in [0, 0.05) is 10.8 Å². The van der Waals surface area contributed by atoms with Crippen molar-refractivity contribution >= 4 is 28.6 Å². The van der Waals surface area contributed by atoms with Gasteiger partial charge >= 0.3 is 5.97 Å². The zero-order valence-electron chi connectivity index (χ0n) is 5.38. The summed E-state index contributed by atoms with van der Waals surface area (Å²) in [5, 5.41) is 16.6. The Bertz CT molecular complexity index is 152. The van der Waals surface area contributed by atoms with Crippen molar-refractivity contribution in [3.05, 3.63) is 0 Å². The van der Waals surface area contributed by atoms with Crippen LogP contribution in [0.2, 0.25) is 0 Å². The highest BCUT2D eigenvalue weighted by atomic mass is 127.